The van der Waals surface area contributed by atoms with E-state index >= 15 is 0 Å². The van der Waals surface area contributed by atoms with Crippen molar-refractivity contribution in [3.63, 3.8) is 0 Å². The van der Waals surface area contributed by atoms with E-state index in [-0.39, 0.29) is 12.0 Å². The van der Waals surface area contributed by atoms with E-state index in [0.717, 1.165) is 67.4 Å². The third-order valence-corrected chi connectivity index (χ3v) is 6.14. The molecule has 0 bridgehead atoms. The summed E-state index contributed by atoms with van der Waals surface area (Å²) in [6, 6.07) is 0.300. The number of rotatable bonds is 3. The zero-order valence-corrected chi connectivity index (χ0v) is 14.2. The first-order chi connectivity index (χ1) is 10.6. The minimum Gasteiger partial charge on any atom is -0.391 e. The molecule has 1 aromatic heterocycles. The van der Waals surface area contributed by atoms with Crippen molar-refractivity contribution in [2.24, 2.45) is 0 Å². The summed E-state index contributed by atoms with van der Waals surface area (Å²) >= 11 is 1.53. The Morgan fingerprint density at radius 2 is 2.05 bits per heavy atom. The van der Waals surface area contributed by atoms with Crippen LogP contribution in [0.3, 0.4) is 0 Å². The van der Waals surface area contributed by atoms with Crippen LogP contribution < -0.4 is 0 Å². The molecule has 0 radical (unpaired) electrons. The van der Waals surface area contributed by atoms with E-state index in [9.17, 15) is 9.90 Å². The SMILES string of the molecule is CCc1nc(C)c(C(=O)N2CCN([C@H]3CCC[C@H]3O)CC2)s1. The molecular weight excluding hydrogens is 298 g/mol. The number of thiazole rings is 1. The number of amides is 1. The van der Waals surface area contributed by atoms with E-state index in [1.807, 2.05) is 11.8 Å². The van der Waals surface area contributed by atoms with Crippen LogP contribution in [0.2, 0.25) is 0 Å². The molecule has 1 N–H and O–H groups in total. The second kappa shape index (κ2) is 6.64. The van der Waals surface area contributed by atoms with Gasteiger partial charge in [-0.05, 0) is 32.6 Å². The molecule has 1 saturated carbocycles. The second-order valence-corrected chi connectivity index (χ2v) is 7.35. The highest BCUT2D eigenvalue weighted by atomic mass is 32.1. The van der Waals surface area contributed by atoms with Gasteiger partial charge in [0.1, 0.15) is 4.88 Å². The van der Waals surface area contributed by atoms with Gasteiger partial charge in [0, 0.05) is 32.2 Å². The molecule has 1 aromatic rings. The molecule has 0 unspecified atom stereocenters. The molecular formula is C16H25N3O2S. The van der Waals surface area contributed by atoms with Crippen LogP contribution >= 0.6 is 11.3 Å². The highest BCUT2D eigenvalue weighted by Crippen LogP contribution is 2.26. The van der Waals surface area contributed by atoms with Gasteiger partial charge in [0.15, 0.2) is 0 Å². The van der Waals surface area contributed by atoms with Gasteiger partial charge in [-0.25, -0.2) is 4.98 Å². The van der Waals surface area contributed by atoms with E-state index in [4.69, 9.17) is 0 Å². The van der Waals surface area contributed by atoms with Gasteiger partial charge >= 0.3 is 0 Å². The van der Waals surface area contributed by atoms with Crippen molar-refractivity contribution in [3.05, 3.63) is 15.6 Å². The van der Waals surface area contributed by atoms with Gasteiger partial charge in [0.25, 0.3) is 5.91 Å². The van der Waals surface area contributed by atoms with Crippen molar-refractivity contribution in [1.29, 1.82) is 0 Å². The lowest BCUT2D eigenvalue weighted by molar-refractivity contribution is 0.0317. The fourth-order valence-corrected chi connectivity index (χ4v) is 4.52. The molecule has 0 aromatic carbocycles. The third kappa shape index (κ3) is 3.05. The molecule has 2 atom stereocenters. The summed E-state index contributed by atoms with van der Waals surface area (Å²) < 4.78 is 0. The Kier molecular flexibility index (Phi) is 4.80. The van der Waals surface area contributed by atoms with Gasteiger partial charge in [-0.1, -0.05) is 6.92 Å². The predicted molar refractivity (Wildman–Crippen MR) is 87.4 cm³/mol. The standard InChI is InChI=1S/C16H25N3O2S/c1-3-14-17-11(2)15(22-14)16(21)19-9-7-18(8-10-19)12-5-4-6-13(12)20/h12-13,20H,3-10H2,1-2H3/t12-,13+/m0/s1. The van der Waals surface area contributed by atoms with E-state index in [1.165, 1.54) is 11.3 Å². The van der Waals surface area contributed by atoms with Crippen LogP contribution in [0.15, 0.2) is 0 Å². The summed E-state index contributed by atoms with van der Waals surface area (Å²) in [5.74, 6) is 0.126. The molecule has 122 valence electrons. The van der Waals surface area contributed by atoms with Crippen LogP contribution in [0.5, 0.6) is 0 Å². The summed E-state index contributed by atoms with van der Waals surface area (Å²) in [4.78, 5) is 22.2. The fraction of sp³-hybridized carbons (Fsp3) is 0.750. The molecule has 22 heavy (non-hydrogen) atoms. The zero-order valence-electron chi connectivity index (χ0n) is 13.4. The van der Waals surface area contributed by atoms with Crippen LogP contribution in [0.1, 0.15) is 46.6 Å². The maximum Gasteiger partial charge on any atom is 0.265 e. The van der Waals surface area contributed by atoms with Crippen molar-refractivity contribution in [3.8, 4) is 0 Å². The van der Waals surface area contributed by atoms with E-state index in [1.54, 1.807) is 0 Å². The average Bonchev–Trinajstić information content (AvgIpc) is 3.12. The quantitative estimate of drug-likeness (QED) is 0.919. The molecule has 2 aliphatic rings. The number of carbonyl (C=O) groups is 1. The summed E-state index contributed by atoms with van der Waals surface area (Å²) in [7, 11) is 0. The van der Waals surface area contributed by atoms with Crippen LogP contribution in [0, 0.1) is 6.92 Å². The first-order valence-corrected chi connectivity index (χ1v) is 9.09. The maximum atomic E-state index is 12.7. The van der Waals surface area contributed by atoms with Crippen molar-refractivity contribution in [2.75, 3.05) is 26.2 Å². The Hall–Kier alpha value is -0.980. The van der Waals surface area contributed by atoms with Crippen LogP contribution in [-0.2, 0) is 6.42 Å². The van der Waals surface area contributed by atoms with Crippen molar-refractivity contribution >= 4 is 17.2 Å². The van der Waals surface area contributed by atoms with E-state index in [2.05, 4.69) is 16.8 Å². The molecule has 3 rings (SSSR count). The molecule has 1 saturated heterocycles. The largest absolute Gasteiger partial charge is 0.391 e. The lowest BCUT2D eigenvalue weighted by Gasteiger charge is -2.39. The number of aryl methyl sites for hydroxylation is 2. The van der Waals surface area contributed by atoms with Crippen molar-refractivity contribution < 1.29 is 9.90 Å². The summed E-state index contributed by atoms with van der Waals surface area (Å²) in [5.41, 5.74) is 0.862. The van der Waals surface area contributed by atoms with Crippen molar-refractivity contribution in [1.82, 2.24) is 14.8 Å². The third-order valence-electron chi connectivity index (χ3n) is 4.85. The van der Waals surface area contributed by atoms with Crippen LogP contribution in [-0.4, -0.2) is 64.1 Å². The predicted octanol–water partition coefficient (Wildman–Crippen LogP) is 1.69. The molecule has 0 spiro atoms. The topological polar surface area (TPSA) is 56.7 Å². The second-order valence-electron chi connectivity index (χ2n) is 6.27. The van der Waals surface area contributed by atoms with Crippen molar-refractivity contribution in [2.45, 2.75) is 51.7 Å². The Labute approximate surface area is 135 Å². The molecule has 1 aliphatic heterocycles. The highest BCUT2D eigenvalue weighted by Gasteiger charge is 2.34. The number of hydrogen-bond donors (Lipinski definition) is 1. The van der Waals surface area contributed by atoms with Crippen LogP contribution in [0.4, 0.5) is 0 Å². The lowest BCUT2D eigenvalue weighted by atomic mass is 10.1. The number of aliphatic hydroxyl groups is 1. The van der Waals surface area contributed by atoms with Gasteiger partial charge < -0.3 is 10.0 Å². The lowest BCUT2D eigenvalue weighted by Crippen LogP contribution is -2.53. The number of piperazine rings is 1. The van der Waals surface area contributed by atoms with Gasteiger partial charge in [-0.2, -0.15) is 0 Å². The van der Waals surface area contributed by atoms with Gasteiger partial charge in [-0.3, -0.25) is 9.69 Å². The molecule has 2 fully saturated rings. The van der Waals surface area contributed by atoms with E-state index < -0.39 is 0 Å². The van der Waals surface area contributed by atoms with Crippen LogP contribution in [0.25, 0.3) is 0 Å². The van der Waals surface area contributed by atoms with Gasteiger partial charge in [-0.15, -0.1) is 11.3 Å². The number of carbonyl (C=O) groups excluding carboxylic acids is 1. The van der Waals surface area contributed by atoms with Gasteiger partial charge in [0.2, 0.25) is 0 Å². The minimum absolute atomic E-state index is 0.126. The number of nitrogens with zero attached hydrogens (tertiary/aromatic N) is 3. The molecule has 5 nitrogen and oxygen atoms in total. The van der Waals surface area contributed by atoms with E-state index in [0.29, 0.717) is 6.04 Å². The minimum atomic E-state index is -0.182. The zero-order chi connectivity index (χ0) is 15.7. The van der Waals surface area contributed by atoms with Gasteiger partial charge in [0.05, 0.1) is 16.8 Å². The Morgan fingerprint density at radius 1 is 1.32 bits per heavy atom. The number of aliphatic hydroxyl groups excluding tert-OH is 1. The maximum absolute atomic E-state index is 12.7. The Morgan fingerprint density at radius 3 is 2.59 bits per heavy atom. The molecule has 6 heteroatoms. The summed E-state index contributed by atoms with van der Waals surface area (Å²) in [6.45, 7) is 7.23. The Bertz CT molecular complexity index is 537. The normalized spacial score (nSPS) is 26.6. The summed E-state index contributed by atoms with van der Waals surface area (Å²) in [6.07, 6.45) is 3.82. The first kappa shape index (κ1) is 15.9. The highest BCUT2D eigenvalue weighted by molar-refractivity contribution is 7.13. The first-order valence-electron chi connectivity index (χ1n) is 8.27. The molecule has 2 heterocycles. The molecule has 1 aliphatic carbocycles. The summed E-state index contributed by atoms with van der Waals surface area (Å²) in [5, 5.41) is 11.1. The molecule has 1 amide bonds. The smallest absolute Gasteiger partial charge is 0.265 e. The fourth-order valence-electron chi connectivity index (χ4n) is 3.55. The average molecular weight is 323 g/mol. The Balaban J connectivity index is 1.61. The monoisotopic (exact) mass is 323 g/mol. The number of hydrogen-bond acceptors (Lipinski definition) is 5. The number of aromatic nitrogens is 1.